The van der Waals surface area contributed by atoms with Crippen molar-refractivity contribution >= 4 is 23.4 Å². The molecule has 0 fully saturated rings. The summed E-state index contributed by atoms with van der Waals surface area (Å²) in [6.07, 6.45) is 1.56. The van der Waals surface area contributed by atoms with Crippen molar-refractivity contribution in [1.82, 2.24) is 10.2 Å². The molecule has 2 amide bonds. The molecule has 6 heteroatoms. The van der Waals surface area contributed by atoms with Crippen molar-refractivity contribution in [2.24, 2.45) is 5.92 Å². The highest BCUT2D eigenvalue weighted by Gasteiger charge is 2.27. The first kappa shape index (κ1) is 19.1. The second-order valence-electron chi connectivity index (χ2n) is 6.22. The number of carbonyl (C=O) groups is 2. The molecule has 0 saturated carbocycles. The molecule has 0 saturated heterocycles. The number of hydrogen-bond acceptors (Lipinski definition) is 3. The summed E-state index contributed by atoms with van der Waals surface area (Å²) >= 11 is 5.91. The van der Waals surface area contributed by atoms with Gasteiger partial charge in [0, 0.05) is 17.5 Å². The van der Waals surface area contributed by atoms with Gasteiger partial charge < -0.3 is 14.6 Å². The maximum atomic E-state index is 12.6. The molecule has 0 aliphatic carbocycles. The lowest BCUT2D eigenvalue weighted by Crippen LogP contribution is -2.48. The van der Waals surface area contributed by atoms with Gasteiger partial charge in [0.25, 0.3) is 0 Å². The van der Waals surface area contributed by atoms with Gasteiger partial charge in [-0.25, -0.2) is 0 Å². The summed E-state index contributed by atoms with van der Waals surface area (Å²) in [6.45, 7) is 6.02. The Morgan fingerprint density at radius 3 is 2.40 bits per heavy atom. The first-order valence-corrected chi connectivity index (χ1v) is 8.61. The number of nitrogens with one attached hydrogen (secondary N) is 1. The second kappa shape index (κ2) is 8.72. The van der Waals surface area contributed by atoms with Crippen molar-refractivity contribution in [1.29, 1.82) is 0 Å². The first-order chi connectivity index (χ1) is 11.9. The fraction of sp³-hybridized carbons (Fsp3) is 0.368. The Bertz CT molecular complexity index is 696. The van der Waals surface area contributed by atoms with Crippen LogP contribution in [0.5, 0.6) is 0 Å². The largest absolute Gasteiger partial charge is 0.467 e. The second-order valence-corrected chi connectivity index (χ2v) is 6.66. The van der Waals surface area contributed by atoms with Crippen molar-refractivity contribution in [3.63, 3.8) is 0 Å². The molecule has 0 aliphatic heterocycles. The van der Waals surface area contributed by atoms with Gasteiger partial charge >= 0.3 is 0 Å². The molecule has 0 bridgehead atoms. The molecule has 1 atom stereocenters. The number of benzene rings is 1. The Morgan fingerprint density at radius 1 is 1.16 bits per heavy atom. The van der Waals surface area contributed by atoms with Crippen molar-refractivity contribution in [3.8, 4) is 0 Å². The summed E-state index contributed by atoms with van der Waals surface area (Å²) in [5, 5.41) is 3.44. The monoisotopic (exact) mass is 362 g/mol. The number of carbonyl (C=O) groups excluding carboxylic acids is 2. The molecule has 0 aliphatic rings. The zero-order valence-electron chi connectivity index (χ0n) is 14.7. The minimum atomic E-state index is -0.597. The topological polar surface area (TPSA) is 62.6 Å². The predicted octanol–water partition coefficient (Wildman–Crippen LogP) is 3.62. The summed E-state index contributed by atoms with van der Waals surface area (Å²) in [6, 6.07) is 10.2. The van der Waals surface area contributed by atoms with Gasteiger partial charge in [-0.15, -0.1) is 0 Å². The van der Waals surface area contributed by atoms with Crippen LogP contribution in [0.4, 0.5) is 0 Å². The maximum absolute atomic E-state index is 12.6. The van der Waals surface area contributed by atoms with E-state index in [-0.39, 0.29) is 17.7 Å². The lowest BCUT2D eigenvalue weighted by atomic mass is 10.1. The number of rotatable bonds is 7. The number of halogens is 1. The molecule has 1 aromatic carbocycles. The van der Waals surface area contributed by atoms with Gasteiger partial charge in [-0.3, -0.25) is 9.59 Å². The summed E-state index contributed by atoms with van der Waals surface area (Å²) < 4.78 is 5.21. The fourth-order valence-corrected chi connectivity index (χ4v) is 2.53. The van der Waals surface area contributed by atoms with E-state index in [0.717, 1.165) is 5.56 Å². The van der Waals surface area contributed by atoms with Crippen molar-refractivity contribution in [2.45, 2.75) is 39.9 Å². The van der Waals surface area contributed by atoms with E-state index in [9.17, 15) is 9.59 Å². The van der Waals surface area contributed by atoms with Gasteiger partial charge in [0.15, 0.2) is 0 Å². The average Bonchev–Trinajstić information content (AvgIpc) is 3.11. The van der Waals surface area contributed by atoms with Crippen LogP contribution >= 0.6 is 11.6 Å². The van der Waals surface area contributed by atoms with E-state index in [4.69, 9.17) is 16.0 Å². The van der Waals surface area contributed by atoms with Crippen LogP contribution in [0.3, 0.4) is 0 Å². The molecule has 25 heavy (non-hydrogen) atoms. The molecule has 5 nitrogen and oxygen atoms in total. The van der Waals surface area contributed by atoms with E-state index >= 15 is 0 Å². The van der Waals surface area contributed by atoms with Crippen molar-refractivity contribution in [3.05, 3.63) is 59.0 Å². The molecule has 2 aromatic rings. The van der Waals surface area contributed by atoms with E-state index in [1.54, 1.807) is 42.4 Å². The van der Waals surface area contributed by atoms with E-state index in [0.29, 0.717) is 23.9 Å². The third-order valence-corrected chi connectivity index (χ3v) is 4.16. The lowest BCUT2D eigenvalue weighted by molar-refractivity contribution is -0.143. The van der Waals surface area contributed by atoms with Crippen LogP contribution in [0, 0.1) is 5.92 Å². The molecular weight excluding hydrogens is 340 g/mol. The lowest BCUT2D eigenvalue weighted by Gasteiger charge is -2.30. The molecule has 0 spiro atoms. The van der Waals surface area contributed by atoms with E-state index in [1.807, 2.05) is 26.0 Å². The molecule has 1 heterocycles. The van der Waals surface area contributed by atoms with Gasteiger partial charge in [-0.2, -0.15) is 0 Å². The Morgan fingerprint density at radius 2 is 1.84 bits per heavy atom. The molecule has 1 unspecified atom stereocenters. The standard InChI is InChI=1S/C19H23ClN2O3/c1-13(2)19(24)22(12-15-6-8-16(20)9-7-15)14(3)18(23)21-11-17-5-4-10-25-17/h4-10,13-14H,11-12H2,1-3H3,(H,21,23). The summed E-state index contributed by atoms with van der Waals surface area (Å²) in [5.41, 5.74) is 0.920. The minimum absolute atomic E-state index is 0.0735. The zero-order valence-corrected chi connectivity index (χ0v) is 15.4. The molecular formula is C19H23ClN2O3. The Hall–Kier alpha value is -2.27. The van der Waals surface area contributed by atoms with E-state index in [2.05, 4.69) is 5.32 Å². The third kappa shape index (κ3) is 5.36. The van der Waals surface area contributed by atoms with E-state index in [1.165, 1.54) is 0 Å². The Kier molecular flexibility index (Phi) is 6.65. The highest BCUT2D eigenvalue weighted by Crippen LogP contribution is 2.16. The smallest absolute Gasteiger partial charge is 0.242 e. The van der Waals surface area contributed by atoms with Gasteiger partial charge in [-0.05, 0) is 36.8 Å². The van der Waals surface area contributed by atoms with Gasteiger partial charge in [0.05, 0.1) is 12.8 Å². The van der Waals surface area contributed by atoms with Crippen LogP contribution in [0.2, 0.25) is 5.02 Å². The molecule has 1 N–H and O–H groups in total. The maximum Gasteiger partial charge on any atom is 0.242 e. The van der Waals surface area contributed by atoms with Crippen LogP contribution < -0.4 is 5.32 Å². The number of furan rings is 1. The Balaban J connectivity index is 2.08. The normalized spacial score (nSPS) is 12.0. The minimum Gasteiger partial charge on any atom is -0.467 e. The average molecular weight is 363 g/mol. The molecule has 2 rings (SSSR count). The number of nitrogens with zero attached hydrogens (tertiary/aromatic N) is 1. The SMILES string of the molecule is CC(C)C(=O)N(Cc1ccc(Cl)cc1)C(C)C(=O)NCc1ccco1. The van der Waals surface area contributed by atoms with Crippen LogP contribution in [-0.2, 0) is 22.7 Å². The molecule has 0 radical (unpaired) electrons. The van der Waals surface area contributed by atoms with Gasteiger partial charge in [0.1, 0.15) is 11.8 Å². The zero-order chi connectivity index (χ0) is 18.4. The number of hydrogen-bond donors (Lipinski definition) is 1. The van der Waals surface area contributed by atoms with Crippen LogP contribution in [-0.4, -0.2) is 22.8 Å². The van der Waals surface area contributed by atoms with Crippen LogP contribution in [0.1, 0.15) is 32.1 Å². The molecule has 1 aromatic heterocycles. The van der Waals surface area contributed by atoms with Gasteiger partial charge in [0.2, 0.25) is 11.8 Å². The van der Waals surface area contributed by atoms with Crippen LogP contribution in [0.15, 0.2) is 47.1 Å². The summed E-state index contributed by atoms with van der Waals surface area (Å²) in [7, 11) is 0. The third-order valence-electron chi connectivity index (χ3n) is 3.91. The van der Waals surface area contributed by atoms with E-state index < -0.39 is 6.04 Å². The Labute approximate surface area is 153 Å². The fourth-order valence-electron chi connectivity index (χ4n) is 2.40. The van der Waals surface area contributed by atoms with Gasteiger partial charge in [-0.1, -0.05) is 37.6 Å². The quantitative estimate of drug-likeness (QED) is 0.818. The van der Waals surface area contributed by atoms with Crippen molar-refractivity contribution < 1.29 is 14.0 Å². The first-order valence-electron chi connectivity index (χ1n) is 8.23. The van der Waals surface area contributed by atoms with Crippen LogP contribution in [0.25, 0.3) is 0 Å². The summed E-state index contributed by atoms with van der Waals surface area (Å²) in [4.78, 5) is 26.7. The highest BCUT2D eigenvalue weighted by molar-refractivity contribution is 6.30. The molecule has 134 valence electrons. The summed E-state index contributed by atoms with van der Waals surface area (Å²) in [5.74, 6) is 0.169. The predicted molar refractivity (Wildman–Crippen MR) is 96.9 cm³/mol. The highest BCUT2D eigenvalue weighted by atomic mass is 35.5. The number of amides is 2. The van der Waals surface area contributed by atoms with Crippen molar-refractivity contribution in [2.75, 3.05) is 0 Å².